The van der Waals surface area contributed by atoms with Crippen LogP contribution in [0, 0.1) is 16.7 Å². The van der Waals surface area contributed by atoms with E-state index in [1.54, 1.807) is 0 Å². The minimum Gasteiger partial charge on any atom is -0.508 e. The molecule has 31 N–H and O–H groups in total. The summed E-state index contributed by atoms with van der Waals surface area (Å²) in [5, 5.41) is 94.5. The Bertz CT molecular complexity index is 3880. The molecule has 47 heteroatoms. The SMILES string of the molecule is CC(C)C[C@H](N)C(=O)N[C@@H](Cc1ccc(O)cc1)C(=O)N[C@@H](CCCNC(=N)N)C(=O)N[C@@H](C)C(=O)NCC(=O)N[C@@H](C)C(=O)NCC(=O)NCC(=O)NCC(=O)NCC(=O)N1CCC[C@H]1C(=O)N[C@@H](CS)C(=O)N[C@@H](CCCNC(=N)N)C(=O)N[C@@H](C)C(=O)N[C@@H](CCC(=O)O)C(=O)N[C@@H](Cc1ccc(O)cc1)C(=O)N[C@@H](CO)C(N)=O. The second kappa shape index (κ2) is 51.3. The Balaban J connectivity index is 1.51. The molecule has 0 unspecified atom stereocenters. The number of benzene rings is 2. The van der Waals surface area contributed by atoms with Crippen molar-refractivity contribution in [3.8, 4) is 11.5 Å². The molecule has 652 valence electrons. The maximum Gasteiger partial charge on any atom is 0.303 e. The van der Waals surface area contributed by atoms with Crippen LogP contribution in [0.3, 0.4) is 0 Å². The van der Waals surface area contributed by atoms with Crippen LogP contribution >= 0.6 is 12.6 Å². The van der Waals surface area contributed by atoms with Crippen LogP contribution in [0.4, 0.5) is 0 Å². The second-order valence-electron chi connectivity index (χ2n) is 27.8. The van der Waals surface area contributed by atoms with E-state index < -0.39 is 237 Å². The smallest absolute Gasteiger partial charge is 0.303 e. The molecule has 118 heavy (non-hydrogen) atoms. The normalized spacial score (nSPS) is 14.9. The number of aliphatic hydroxyl groups excluding tert-OH is 1. The van der Waals surface area contributed by atoms with Crippen molar-refractivity contribution in [3.63, 3.8) is 0 Å². The molecule has 0 saturated carbocycles. The second-order valence-corrected chi connectivity index (χ2v) is 28.2. The molecule has 17 amide bonds. The number of hydrogen-bond donors (Lipinski definition) is 28. The molecule has 46 nitrogen and oxygen atoms in total. The third kappa shape index (κ3) is 37.7. The zero-order valence-corrected chi connectivity index (χ0v) is 66.7. The van der Waals surface area contributed by atoms with Crippen LogP contribution in [0.2, 0.25) is 0 Å². The number of rotatable bonds is 51. The average Bonchev–Trinajstić information content (AvgIpc) is 1.79. The number of carbonyl (C=O) groups excluding carboxylic acids is 17. The van der Waals surface area contributed by atoms with Crippen molar-refractivity contribution in [2.24, 2.45) is 28.9 Å². The third-order valence-electron chi connectivity index (χ3n) is 17.6. The highest BCUT2D eigenvalue weighted by atomic mass is 32.1. The molecular weight excluding hydrogens is 1570 g/mol. The van der Waals surface area contributed by atoms with Crippen molar-refractivity contribution in [2.75, 3.05) is 64.7 Å². The number of primary amides is 1. The lowest BCUT2D eigenvalue weighted by molar-refractivity contribution is -0.139. The van der Waals surface area contributed by atoms with E-state index in [0.717, 1.165) is 4.90 Å². The summed E-state index contributed by atoms with van der Waals surface area (Å²) in [7, 11) is 0. The van der Waals surface area contributed by atoms with Gasteiger partial charge in [0.2, 0.25) is 100 Å². The number of aromatic hydroxyl groups is 2. The van der Waals surface area contributed by atoms with E-state index in [-0.39, 0.29) is 93.7 Å². The summed E-state index contributed by atoms with van der Waals surface area (Å²) >= 11 is 4.22. The van der Waals surface area contributed by atoms with Crippen molar-refractivity contribution in [3.05, 3.63) is 59.7 Å². The summed E-state index contributed by atoms with van der Waals surface area (Å²) in [6.45, 7) is 3.19. The first-order chi connectivity index (χ1) is 55.6. The highest BCUT2D eigenvalue weighted by Gasteiger charge is 2.38. The summed E-state index contributed by atoms with van der Waals surface area (Å²) in [5.41, 5.74) is 23.1. The fourth-order valence-electron chi connectivity index (χ4n) is 11.2. The molecule has 0 aromatic heterocycles. The monoisotopic (exact) mass is 1680 g/mol. The number of carbonyl (C=O) groups is 18. The molecule has 1 aliphatic heterocycles. The number of amides is 17. The standard InChI is InChI=1S/C71H110N24O22S/c1-35(2)25-43(72)62(110)91-47(26-39-12-16-41(97)17-13-39)66(114)89-44(9-6-22-78-70(74)75)63(111)86-37(4)60(108)84-31-55(102)85-36(3)59(107)83-30-54(101)81-28-52(99)80-29-53(100)82-32-56(103)95-24-8-11-51(95)69(117)94-50(34-118)68(116)90-45(10-7-23-79-71(76)77)64(112)87-38(5)61(109)88-46(20-21-57(104)105)65(113)92-48(27-40-14-18-42(98)19-15-40)67(115)93-49(33-96)58(73)106/h12-19,35-38,43-51,96-98,118H,6-11,20-34,72H2,1-5H3,(H2,73,106)(H,80,99)(H,81,101)(H,82,100)(H,83,107)(H,84,108)(H,85,102)(H,86,111)(H,87,112)(H,88,109)(H,89,114)(H,90,116)(H,91,110)(H,92,113)(H,93,115)(H,94,117)(H,104,105)(H4,74,75,78)(H4,76,77,79)/t36-,37-,38-,43-,44-,45-,46-,47-,48-,49-,50-,51-/m0/s1. The predicted molar refractivity (Wildman–Crippen MR) is 422 cm³/mol. The molecular formula is C71H110N24O22S. The van der Waals surface area contributed by atoms with E-state index in [1.807, 2.05) is 13.8 Å². The molecule has 12 atom stereocenters. The van der Waals surface area contributed by atoms with Crippen molar-refractivity contribution >= 4 is 131 Å². The number of likely N-dealkylation sites (tertiary alicyclic amines) is 1. The predicted octanol–water partition coefficient (Wildman–Crippen LogP) is -10.5. The van der Waals surface area contributed by atoms with Gasteiger partial charge in [-0.25, -0.2) is 0 Å². The van der Waals surface area contributed by atoms with Gasteiger partial charge in [-0.3, -0.25) is 97.1 Å². The van der Waals surface area contributed by atoms with Gasteiger partial charge in [-0.1, -0.05) is 38.1 Å². The molecule has 1 saturated heterocycles. The number of phenolic OH excluding ortho intramolecular Hbond substituents is 2. The van der Waals surface area contributed by atoms with Gasteiger partial charge in [-0.05, 0) is 113 Å². The zero-order valence-electron chi connectivity index (χ0n) is 65.8. The van der Waals surface area contributed by atoms with Crippen LogP contribution in [-0.4, -0.2) is 281 Å². The minimum atomic E-state index is -1.69. The van der Waals surface area contributed by atoms with Crippen LogP contribution in [0.25, 0.3) is 0 Å². The third-order valence-corrected chi connectivity index (χ3v) is 17.9. The van der Waals surface area contributed by atoms with Gasteiger partial charge in [0.05, 0.1) is 45.4 Å². The van der Waals surface area contributed by atoms with E-state index in [2.05, 4.69) is 103 Å². The highest BCUT2D eigenvalue weighted by molar-refractivity contribution is 7.80. The largest absolute Gasteiger partial charge is 0.508 e. The van der Waals surface area contributed by atoms with Crippen LogP contribution in [0.1, 0.15) is 104 Å². The quantitative estimate of drug-likeness (QED) is 0.0127. The lowest BCUT2D eigenvalue weighted by atomic mass is 10.0. The number of nitrogens with two attached hydrogens (primary N) is 4. The summed E-state index contributed by atoms with van der Waals surface area (Å²) in [5.74, 6) is -18.1. The number of hydrogen-bond acceptors (Lipinski definition) is 25. The lowest BCUT2D eigenvalue weighted by Crippen LogP contribution is -2.60. The Morgan fingerprint density at radius 1 is 0.458 bits per heavy atom. The molecule has 0 aliphatic carbocycles. The number of phenols is 2. The molecule has 3 rings (SSSR count). The summed E-state index contributed by atoms with van der Waals surface area (Å²) < 4.78 is 0. The number of thiol groups is 1. The van der Waals surface area contributed by atoms with Gasteiger partial charge in [-0.15, -0.1) is 0 Å². The highest BCUT2D eigenvalue weighted by Crippen LogP contribution is 2.19. The Morgan fingerprint density at radius 2 is 0.839 bits per heavy atom. The van der Waals surface area contributed by atoms with Crippen molar-refractivity contribution < 1.29 is 107 Å². The van der Waals surface area contributed by atoms with Gasteiger partial charge >= 0.3 is 5.97 Å². The number of aliphatic carboxylic acids is 1. The van der Waals surface area contributed by atoms with Crippen molar-refractivity contribution in [1.82, 2.24) is 95.3 Å². The van der Waals surface area contributed by atoms with Crippen molar-refractivity contribution in [2.45, 2.75) is 178 Å². The topological polar surface area (TPSA) is 748 Å². The zero-order chi connectivity index (χ0) is 88.5. The Labute approximate surface area is 683 Å². The molecule has 0 spiro atoms. The maximum atomic E-state index is 13.9. The van der Waals surface area contributed by atoms with Crippen LogP contribution in [0.5, 0.6) is 11.5 Å². The molecule has 2 aromatic carbocycles. The minimum absolute atomic E-state index is 0.0102. The lowest BCUT2D eigenvalue weighted by Gasteiger charge is -2.27. The Kier molecular flexibility index (Phi) is 43.3. The van der Waals surface area contributed by atoms with E-state index in [9.17, 15) is 107 Å². The van der Waals surface area contributed by atoms with Crippen LogP contribution in [0.15, 0.2) is 48.5 Å². The fraction of sp³-hybridized carbons (Fsp3) is 0.549. The number of aliphatic hydroxyl groups is 1. The first-order valence-electron chi connectivity index (χ1n) is 37.5. The molecule has 1 heterocycles. The molecule has 0 radical (unpaired) electrons. The van der Waals surface area contributed by atoms with Gasteiger partial charge < -0.3 is 139 Å². The van der Waals surface area contributed by atoms with Crippen molar-refractivity contribution in [1.29, 1.82) is 10.8 Å². The molecule has 1 aliphatic rings. The first kappa shape index (κ1) is 99.5. The fourth-order valence-corrected chi connectivity index (χ4v) is 11.4. The number of guanidine groups is 2. The molecule has 1 fully saturated rings. The van der Waals surface area contributed by atoms with E-state index in [4.69, 9.17) is 33.8 Å². The van der Waals surface area contributed by atoms with E-state index >= 15 is 0 Å². The number of carboxylic acid groups (broad SMARTS) is 1. The van der Waals surface area contributed by atoms with E-state index in [1.165, 1.54) is 69.3 Å². The van der Waals surface area contributed by atoms with E-state index in [0.29, 0.717) is 24.0 Å². The molecule has 0 bridgehead atoms. The van der Waals surface area contributed by atoms with Gasteiger partial charge in [-0.2, -0.15) is 12.6 Å². The summed E-state index contributed by atoms with van der Waals surface area (Å²) in [4.78, 5) is 238. The maximum absolute atomic E-state index is 13.9. The van der Waals surface area contributed by atoms with Crippen LogP contribution in [-0.2, 0) is 99.1 Å². The number of nitrogens with one attached hydrogen (secondary N) is 19. The van der Waals surface area contributed by atoms with Gasteiger partial charge in [0.1, 0.15) is 78.0 Å². The summed E-state index contributed by atoms with van der Waals surface area (Å²) in [6.07, 6.45) is -0.940. The Hall–Kier alpha value is -12.7. The van der Waals surface area contributed by atoms with Gasteiger partial charge in [0, 0.05) is 44.6 Å². The van der Waals surface area contributed by atoms with Crippen LogP contribution < -0.4 is 113 Å². The van der Waals surface area contributed by atoms with Gasteiger partial charge in [0.25, 0.3) is 0 Å². The summed E-state index contributed by atoms with van der Waals surface area (Å²) in [6, 6.07) is -5.48. The molecule has 2 aromatic rings. The van der Waals surface area contributed by atoms with Gasteiger partial charge in [0.15, 0.2) is 11.9 Å². The number of carboxylic acids is 1. The first-order valence-corrected chi connectivity index (χ1v) is 38.1. The number of nitrogens with zero attached hydrogens (tertiary/aromatic N) is 1. The average molecular weight is 1680 g/mol. The Morgan fingerprint density at radius 3 is 1.28 bits per heavy atom.